The highest BCUT2D eigenvalue weighted by Gasteiger charge is 2.22. The van der Waals surface area contributed by atoms with E-state index < -0.39 is 16.0 Å². The summed E-state index contributed by atoms with van der Waals surface area (Å²) < 4.78 is 49.2. The lowest BCUT2D eigenvalue weighted by atomic mass is 10.1. The van der Waals surface area contributed by atoms with Crippen LogP contribution in [0.15, 0.2) is 57.9 Å². The monoisotopic (exact) mass is 446 g/mol. The minimum atomic E-state index is -3.96. The van der Waals surface area contributed by atoms with Crippen LogP contribution in [0.2, 0.25) is 0 Å². The number of hydrogen-bond donors (Lipinski definition) is 1. The van der Waals surface area contributed by atoms with E-state index in [1.165, 1.54) is 32.4 Å². The van der Waals surface area contributed by atoms with Crippen molar-refractivity contribution in [3.05, 3.63) is 59.8 Å². The summed E-state index contributed by atoms with van der Waals surface area (Å²) >= 11 is 0. The Bertz CT molecular complexity index is 1170. The number of sulfonamides is 1. The van der Waals surface area contributed by atoms with Gasteiger partial charge in [0.15, 0.2) is 11.5 Å². The Morgan fingerprint density at radius 3 is 2.52 bits per heavy atom. The Morgan fingerprint density at radius 2 is 1.81 bits per heavy atom. The van der Waals surface area contributed by atoms with Gasteiger partial charge in [-0.25, -0.2) is 17.9 Å². The molecule has 9 nitrogen and oxygen atoms in total. The van der Waals surface area contributed by atoms with Gasteiger partial charge >= 0.3 is 5.97 Å². The van der Waals surface area contributed by atoms with Gasteiger partial charge in [-0.1, -0.05) is 23.4 Å². The third kappa shape index (κ3) is 5.04. The van der Waals surface area contributed by atoms with Crippen molar-refractivity contribution >= 4 is 16.0 Å². The predicted molar refractivity (Wildman–Crippen MR) is 111 cm³/mol. The third-order valence-corrected chi connectivity index (χ3v) is 5.80. The van der Waals surface area contributed by atoms with Gasteiger partial charge in [0.2, 0.25) is 10.0 Å². The van der Waals surface area contributed by atoms with E-state index >= 15 is 0 Å². The molecule has 0 aliphatic carbocycles. The Labute approximate surface area is 180 Å². The smallest absolute Gasteiger partial charge is 0.360 e. The van der Waals surface area contributed by atoms with Crippen LogP contribution in [0, 0.1) is 0 Å². The van der Waals surface area contributed by atoms with Gasteiger partial charge in [-0.2, -0.15) is 0 Å². The maximum Gasteiger partial charge on any atom is 0.360 e. The summed E-state index contributed by atoms with van der Waals surface area (Å²) in [6.07, 6.45) is 0. The zero-order valence-electron chi connectivity index (χ0n) is 17.2. The fourth-order valence-electron chi connectivity index (χ4n) is 2.85. The zero-order valence-corrected chi connectivity index (χ0v) is 18.1. The Hall–Kier alpha value is -3.37. The van der Waals surface area contributed by atoms with Crippen molar-refractivity contribution in [2.24, 2.45) is 0 Å². The molecule has 0 fully saturated rings. The molecule has 0 saturated carbocycles. The van der Waals surface area contributed by atoms with Crippen LogP contribution >= 0.6 is 0 Å². The molecule has 0 atom stereocenters. The quantitative estimate of drug-likeness (QED) is 0.499. The lowest BCUT2D eigenvalue weighted by Crippen LogP contribution is -2.24. The zero-order chi connectivity index (χ0) is 22.4. The number of hydrogen-bond acceptors (Lipinski definition) is 8. The molecule has 1 heterocycles. The molecule has 0 amide bonds. The number of para-hydroxylation sites is 1. The molecular formula is C21H22N2O7S. The van der Waals surface area contributed by atoms with Gasteiger partial charge in [0.1, 0.15) is 16.4 Å². The number of nitrogens with one attached hydrogen (secondary N) is 1. The SMILES string of the molecule is CCOC(=O)c1cc(-c2ccc(OC)c(S(=O)(=O)NCc3ccccc3OC)c2)on1. The number of aromatic nitrogens is 1. The number of carbonyl (C=O) groups is 1. The van der Waals surface area contributed by atoms with Crippen molar-refractivity contribution in [1.82, 2.24) is 9.88 Å². The second kappa shape index (κ2) is 9.63. The largest absolute Gasteiger partial charge is 0.496 e. The highest BCUT2D eigenvalue weighted by atomic mass is 32.2. The molecule has 2 aromatic carbocycles. The van der Waals surface area contributed by atoms with E-state index in [-0.39, 0.29) is 35.3 Å². The Balaban J connectivity index is 1.90. The number of methoxy groups -OCH3 is 2. The van der Waals surface area contributed by atoms with Gasteiger partial charge in [0.25, 0.3) is 0 Å². The average Bonchev–Trinajstić information content (AvgIpc) is 3.28. The lowest BCUT2D eigenvalue weighted by molar-refractivity contribution is 0.0514. The Kier molecular flexibility index (Phi) is 6.93. The molecule has 0 radical (unpaired) electrons. The highest BCUT2D eigenvalue weighted by molar-refractivity contribution is 7.89. The van der Waals surface area contributed by atoms with Crippen LogP contribution in [0.3, 0.4) is 0 Å². The van der Waals surface area contributed by atoms with Gasteiger partial charge in [-0.15, -0.1) is 0 Å². The highest BCUT2D eigenvalue weighted by Crippen LogP contribution is 2.31. The first-order valence-electron chi connectivity index (χ1n) is 9.33. The summed E-state index contributed by atoms with van der Waals surface area (Å²) in [6.45, 7) is 1.90. The maximum atomic E-state index is 13.0. The van der Waals surface area contributed by atoms with Crippen LogP contribution in [0.5, 0.6) is 11.5 Å². The fraction of sp³-hybridized carbons (Fsp3) is 0.238. The van der Waals surface area contributed by atoms with E-state index in [0.29, 0.717) is 16.9 Å². The van der Waals surface area contributed by atoms with Crippen LogP contribution in [-0.4, -0.2) is 40.4 Å². The summed E-state index contributed by atoms with van der Waals surface area (Å²) in [5.41, 5.74) is 1.07. The normalized spacial score (nSPS) is 11.2. The summed E-state index contributed by atoms with van der Waals surface area (Å²) in [7, 11) is -1.07. The van der Waals surface area contributed by atoms with E-state index in [1.54, 1.807) is 37.3 Å². The second-order valence-corrected chi connectivity index (χ2v) is 8.03. The van der Waals surface area contributed by atoms with Crippen molar-refractivity contribution in [1.29, 1.82) is 0 Å². The second-order valence-electron chi connectivity index (χ2n) is 6.30. The summed E-state index contributed by atoms with van der Waals surface area (Å²) in [5, 5.41) is 3.68. The van der Waals surface area contributed by atoms with Crippen molar-refractivity contribution < 1.29 is 31.9 Å². The molecule has 3 aromatic rings. The van der Waals surface area contributed by atoms with Crippen molar-refractivity contribution in [3.8, 4) is 22.8 Å². The van der Waals surface area contributed by atoms with Crippen molar-refractivity contribution in [2.75, 3.05) is 20.8 Å². The van der Waals surface area contributed by atoms with E-state index in [0.717, 1.165) is 0 Å². The standard InChI is InChI=1S/C21H22N2O7S/c1-4-29-21(24)16-12-19(30-23-16)14-9-10-18(28-3)20(11-14)31(25,26)22-13-15-7-5-6-8-17(15)27-2/h5-12,22H,4,13H2,1-3H3. The number of carbonyl (C=O) groups excluding carboxylic acids is 1. The molecule has 0 aliphatic heterocycles. The fourth-order valence-corrected chi connectivity index (χ4v) is 4.05. The average molecular weight is 446 g/mol. The van der Waals surface area contributed by atoms with Gasteiger partial charge in [-0.3, -0.25) is 0 Å². The molecule has 10 heteroatoms. The van der Waals surface area contributed by atoms with Crippen molar-refractivity contribution in [3.63, 3.8) is 0 Å². The van der Waals surface area contributed by atoms with Crippen LogP contribution in [-0.2, 0) is 21.3 Å². The van der Waals surface area contributed by atoms with Crippen molar-refractivity contribution in [2.45, 2.75) is 18.4 Å². The minimum Gasteiger partial charge on any atom is -0.496 e. The van der Waals surface area contributed by atoms with E-state index in [4.69, 9.17) is 18.7 Å². The predicted octanol–water partition coefficient (Wildman–Crippen LogP) is 3.01. The van der Waals surface area contributed by atoms with Gasteiger partial charge < -0.3 is 18.7 Å². The first-order chi connectivity index (χ1) is 14.9. The Morgan fingerprint density at radius 1 is 1.06 bits per heavy atom. The van der Waals surface area contributed by atoms with Gasteiger partial charge in [0, 0.05) is 23.7 Å². The summed E-state index contributed by atoms with van der Waals surface area (Å²) in [5.74, 6) is 0.310. The van der Waals surface area contributed by atoms with E-state index in [1.807, 2.05) is 0 Å². The molecule has 0 saturated heterocycles. The number of esters is 1. The van der Waals surface area contributed by atoms with E-state index in [9.17, 15) is 13.2 Å². The topological polar surface area (TPSA) is 117 Å². The number of benzene rings is 2. The molecule has 1 aromatic heterocycles. The van der Waals surface area contributed by atoms with Crippen LogP contribution in [0.1, 0.15) is 23.0 Å². The maximum absolute atomic E-state index is 13.0. The molecule has 3 rings (SSSR count). The molecule has 0 spiro atoms. The third-order valence-electron chi connectivity index (χ3n) is 4.38. The molecular weight excluding hydrogens is 424 g/mol. The van der Waals surface area contributed by atoms with E-state index in [2.05, 4.69) is 9.88 Å². The van der Waals surface area contributed by atoms with Crippen LogP contribution in [0.25, 0.3) is 11.3 Å². The first kappa shape index (κ1) is 22.3. The molecule has 0 unspecified atom stereocenters. The van der Waals surface area contributed by atoms with Crippen LogP contribution < -0.4 is 14.2 Å². The summed E-state index contributed by atoms with van der Waals surface area (Å²) in [6, 6.07) is 13.0. The van der Waals surface area contributed by atoms with Gasteiger partial charge in [-0.05, 0) is 31.2 Å². The lowest BCUT2D eigenvalue weighted by Gasteiger charge is -2.13. The molecule has 164 valence electrons. The molecule has 0 bridgehead atoms. The first-order valence-corrected chi connectivity index (χ1v) is 10.8. The number of ether oxygens (including phenoxy) is 3. The summed E-state index contributed by atoms with van der Waals surface area (Å²) in [4.78, 5) is 11.7. The van der Waals surface area contributed by atoms with Crippen LogP contribution in [0.4, 0.5) is 0 Å². The number of nitrogens with zero attached hydrogens (tertiary/aromatic N) is 1. The molecule has 1 N–H and O–H groups in total. The molecule has 0 aliphatic rings. The van der Waals surface area contributed by atoms with Gasteiger partial charge in [0.05, 0.1) is 20.8 Å². The minimum absolute atomic E-state index is 0.00799. The molecule has 31 heavy (non-hydrogen) atoms. The number of rotatable bonds is 9.